The number of carboxylic acids is 1. The number of likely N-dealkylation sites (N-methyl/N-ethyl adjacent to an activating group) is 1. The summed E-state index contributed by atoms with van der Waals surface area (Å²) in [5, 5.41) is 12.8. The van der Waals surface area contributed by atoms with Crippen LogP contribution in [-0.4, -0.2) is 41.7 Å². The number of nitrogen functional groups attached to an aromatic ring is 1. The van der Waals surface area contributed by atoms with Gasteiger partial charge in [0, 0.05) is 18.3 Å². The van der Waals surface area contributed by atoms with Gasteiger partial charge in [0.05, 0.1) is 16.3 Å². The summed E-state index contributed by atoms with van der Waals surface area (Å²) in [5.41, 5.74) is 6.58. The zero-order chi connectivity index (χ0) is 14.7. The molecular weight excluding hydrogens is 278 g/mol. The van der Waals surface area contributed by atoms with Crippen molar-refractivity contribution >= 4 is 28.9 Å². The molecule has 1 fully saturated rings. The Morgan fingerprint density at radius 2 is 2.35 bits per heavy atom. The van der Waals surface area contributed by atoms with E-state index in [4.69, 9.17) is 17.3 Å². The van der Waals surface area contributed by atoms with Crippen LogP contribution in [0.25, 0.3) is 0 Å². The number of benzene rings is 1. The maximum Gasteiger partial charge on any atom is 0.337 e. The molecule has 4 N–H and O–H groups in total. The lowest BCUT2D eigenvalue weighted by Crippen LogP contribution is -2.34. The average Bonchev–Trinajstić information content (AvgIpc) is 2.84. The zero-order valence-electron chi connectivity index (χ0n) is 11.5. The molecule has 0 aromatic heterocycles. The van der Waals surface area contributed by atoms with Crippen molar-refractivity contribution in [2.24, 2.45) is 0 Å². The van der Waals surface area contributed by atoms with E-state index in [9.17, 15) is 9.90 Å². The van der Waals surface area contributed by atoms with Crippen molar-refractivity contribution < 1.29 is 9.90 Å². The molecule has 0 amide bonds. The molecule has 6 heteroatoms. The van der Waals surface area contributed by atoms with Gasteiger partial charge in [0.25, 0.3) is 0 Å². The zero-order valence-corrected chi connectivity index (χ0v) is 12.3. The van der Waals surface area contributed by atoms with Gasteiger partial charge in [-0.1, -0.05) is 18.5 Å². The molecule has 0 aliphatic carbocycles. The summed E-state index contributed by atoms with van der Waals surface area (Å²) in [6, 6.07) is 3.43. The van der Waals surface area contributed by atoms with E-state index < -0.39 is 5.97 Å². The molecule has 2 rings (SSSR count). The fourth-order valence-corrected chi connectivity index (χ4v) is 3.03. The third-order valence-electron chi connectivity index (χ3n) is 3.76. The van der Waals surface area contributed by atoms with E-state index in [2.05, 4.69) is 17.1 Å². The van der Waals surface area contributed by atoms with Crippen LogP contribution in [0.5, 0.6) is 0 Å². The Labute approximate surface area is 123 Å². The molecule has 0 radical (unpaired) electrons. The van der Waals surface area contributed by atoms with E-state index in [-0.39, 0.29) is 5.56 Å². The summed E-state index contributed by atoms with van der Waals surface area (Å²) < 4.78 is 0. The van der Waals surface area contributed by atoms with Crippen molar-refractivity contribution in [3.05, 3.63) is 22.7 Å². The monoisotopic (exact) mass is 297 g/mol. The van der Waals surface area contributed by atoms with Crippen molar-refractivity contribution in [2.45, 2.75) is 25.8 Å². The highest BCUT2D eigenvalue weighted by Crippen LogP contribution is 2.30. The lowest BCUT2D eigenvalue weighted by molar-refractivity contribution is 0.0698. The Balaban J connectivity index is 2.14. The van der Waals surface area contributed by atoms with Gasteiger partial charge in [-0.2, -0.15) is 0 Å². The summed E-state index contributed by atoms with van der Waals surface area (Å²) >= 11 is 6.12. The van der Waals surface area contributed by atoms with Gasteiger partial charge < -0.3 is 16.2 Å². The van der Waals surface area contributed by atoms with Crippen LogP contribution in [0, 0.1) is 0 Å². The molecule has 1 aliphatic rings. The van der Waals surface area contributed by atoms with Crippen LogP contribution in [0.3, 0.4) is 0 Å². The molecule has 20 heavy (non-hydrogen) atoms. The topological polar surface area (TPSA) is 78.6 Å². The number of nitrogens with two attached hydrogens (primary N) is 1. The van der Waals surface area contributed by atoms with Gasteiger partial charge in [-0.05, 0) is 38.1 Å². The Bertz CT molecular complexity index is 507. The highest BCUT2D eigenvalue weighted by atomic mass is 35.5. The number of carbonyl (C=O) groups is 1. The van der Waals surface area contributed by atoms with Crippen molar-refractivity contribution in [3.63, 3.8) is 0 Å². The first-order valence-corrected chi connectivity index (χ1v) is 7.21. The number of carboxylic acid groups (broad SMARTS) is 1. The third-order valence-corrected chi connectivity index (χ3v) is 4.06. The number of anilines is 2. The Morgan fingerprint density at radius 3 is 3.00 bits per heavy atom. The standard InChI is InChI=1S/C14H20ClN3O2/c1-2-18-5-3-4-10(18)8-17-13-11(14(19)20)6-9(16)7-12(13)15/h6-7,10,17H,2-5,8,16H2,1H3,(H,19,20). The Kier molecular flexibility index (Phi) is 4.73. The first-order chi connectivity index (χ1) is 9.52. The molecule has 0 saturated carbocycles. The van der Waals surface area contributed by atoms with Crippen LogP contribution in [0.2, 0.25) is 5.02 Å². The second-order valence-electron chi connectivity index (χ2n) is 5.04. The summed E-state index contributed by atoms with van der Waals surface area (Å²) in [6.07, 6.45) is 2.30. The smallest absolute Gasteiger partial charge is 0.337 e. The molecule has 1 aromatic carbocycles. The summed E-state index contributed by atoms with van der Waals surface area (Å²) in [7, 11) is 0. The number of hydrogen-bond donors (Lipinski definition) is 3. The molecule has 1 aliphatic heterocycles. The highest BCUT2D eigenvalue weighted by Gasteiger charge is 2.23. The van der Waals surface area contributed by atoms with E-state index in [0.717, 1.165) is 19.5 Å². The first-order valence-electron chi connectivity index (χ1n) is 6.83. The summed E-state index contributed by atoms with van der Waals surface area (Å²) in [5.74, 6) is -1.03. The van der Waals surface area contributed by atoms with Crippen molar-refractivity contribution in [1.82, 2.24) is 4.90 Å². The third kappa shape index (κ3) is 3.16. The number of rotatable bonds is 5. The maximum atomic E-state index is 11.3. The molecule has 1 atom stereocenters. The van der Waals surface area contributed by atoms with Crippen LogP contribution < -0.4 is 11.1 Å². The predicted octanol–water partition coefficient (Wildman–Crippen LogP) is 2.52. The van der Waals surface area contributed by atoms with Gasteiger partial charge in [0.1, 0.15) is 0 Å². The van der Waals surface area contributed by atoms with Crippen molar-refractivity contribution in [1.29, 1.82) is 0 Å². The molecule has 1 aromatic rings. The fraction of sp³-hybridized carbons (Fsp3) is 0.500. The molecular formula is C14H20ClN3O2. The minimum atomic E-state index is -1.03. The second kappa shape index (κ2) is 6.33. The number of hydrogen-bond acceptors (Lipinski definition) is 4. The predicted molar refractivity (Wildman–Crippen MR) is 81.6 cm³/mol. The number of aromatic carboxylic acids is 1. The minimum Gasteiger partial charge on any atom is -0.478 e. The first kappa shape index (κ1) is 14.9. The van der Waals surface area contributed by atoms with E-state index in [1.807, 2.05) is 0 Å². The second-order valence-corrected chi connectivity index (χ2v) is 5.44. The normalized spacial score (nSPS) is 19.2. The number of nitrogens with one attached hydrogen (secondary N) is 1. The number of nitrogens with zero attached hydrogens (tertiary/aromatic N) is 1. The van der Waals surface area contributed by atoms with Gasteiger partial charge in [0.15, 0.2) is 0 Å². The van der Waals surface area contributed by atoms with Crippen molar-refractivity contribution in [3.8, 4) is 0 Å². The SMILES string of the molecule is CCN1CCCC1CNc1c(Cl)cc(N)cc1C(=O)O. The van der Waals surface area contributed by atoms with Crippen LogP contribution in [0.15, 0.2) is 12.1 Å². The van der Waals surface area contributed by atoms with Crippen LogP contribution in [0.1, 0.15) is 30.1 Å². The molecule has 110 valence electrons. The lowest BCUT2D eigenvalue weighted by atomic mass is 10.1. The summed E-state index contributed by atoms with van der Waals surface area (Å²) in [6.45, 7) is 4.94. The quantitative estimate of drug-likeness (QED) is 0.728. The fourth-order valence-electron chi connectivity index (χ4n) is 2.74. The number of halogens is 1. The van der Waals surface area contributed by atoms with Gasteiger partial charge in [-0.15, -0.1) is 0 Å². The Morgan fingerprint density at radius 1 is 1.60 bits per heavy atom. The molecule has 5 nitrogen and oxygen atoms in total. The van der Waals surface area contributed by atoms with E-state index in [1.54, 1.807) is 6.07 Å². The minimum absolute atomic E-state index is 0.121. The van der Waals surface area contributed by atoms with Crippen LogP contribution in [-0.2, 0) is 0 Å². The maximum absolute atomic E-state index is 11.3. The Hall–Kier alpha value is -1.46. The van der Waals surface area contributed by atoms with E-state index in [0.29, 0.717) is 29.0 Å². The summed E-state index contributed by atoms with van der Waals surface area (Å²) in [4.78, 5) is 13.7. The van der Waals surface area contributed by atoms with E-state index in [1.165, 1.54) is 12.5 Å². The van der Waals surface area contributed by atoms with Gasteiger partial charge in [-0.25, -0.2) is 4.79 Å². The molecule has 1 saturated heterocycles. The molecule has 1 heterocycles. The van der Waals surface area contributed by atoms with E-state index >= 15 is 0 Å². The molecule has 1 unspecified atom stereocenters. The highest BCUT2D eigenvalue weighted by molar-refractivity contribution is 6.34. The molecule has 0 bridgehead atoms. The largest absolute Gasteiger partial charge is 0.478 e. The lowest BCUT2D eigenvalue weighted by Gasteiger charge is -2.24. The van der Waals surface area contributed by atoms with Gasteiger partial charge in [0.2, 0.25) is 0 Å². The van der Waals surface area contributed by atoms with Gasteiger partial charge in [-0.3, -0.25) is 4.90 Å². The van der Waals surface area contributed by atoms with Crippen molar-refractivity contribution in [2.75, 3.05) is 30.7 Å². The number of likely N-dealkylation sites (tertiary alicyclic amines) is 1. The average molecular weight is 298 g/mol. The van der Waals surface area contributed by atoms with Crippen LogP contribution in [0.4, 0.5) is 11.4 Å². The van der Waals surface area contributed by atoms with Crippen LogP contribution >= 0.6 is 11.6 Å². The van der Waals surface area contributed by atoms with Gasteiger partial charge >= 0.3 is 5.97 Å². The molecule has 0 spiro atoms.